The van der Waals surface area contributed by atoms with Crippen molar-refractivity contribution in [3.05, 3.63) is 83.4 Å². The number of benzene rings is 3. The summed E-state index contributed by atoms with van der Waals surface area (Å²) in [7, 11) is 0. The third-order valence-electron chi connectivity index (χ3n) is 3.85. The van der Waals surface area contributed by atoms with Gasteiger partial charge in [0, 0.05) is 12.0 Å². The van der Waals surface area contributed by atoms with Gasteiger partial charge in [-0.15, -0.1) is 0 Å². The first kappa shape index (κ1) is 13.6. The zero-order valence-corrected chi connectivity index (χ0v) is 12.2. The van der Waals surface area contributed by atoms with Gasteiger partial charge in [0.25, 0.3) is 0 Å². The van der Waals surface area contributed by atoms with Crippen LogP contribution in [0.5, 0.6) is 0 Å². The zero-order chi connectivity index (χ0) is 14.7. The molecule has 0 N–H and O–H groups in total. The predicted molar refractivity (Wildman–Crippen MR) is 87.8 cm³/mol. The summed E-state index contributed by atoms with van der Waals surface area (Å²) in [6.45, 7) is 2.07. The molecule has 0 bridgehead atoms. The number of ketones is 1. The molecular formula is C20H18O. The molecule has 0 aliphatic heterocycles. The van der Waals surface area contributed by atoms with Crippen LogP contribution in [0.1, 0.15) is 27.9 Å². The van der Waals surface area contributed by atoms with Crippen LogP contribution in [-0.2, 0) is 6.42 Å². The van der Waals surface area contributed by atoms with Crippen molar-refractivity contribution in [2.24, 2.45) is 0 Å². The fourth-order valence-electron chi connectivity index (χ4n) is 2.62. The molecule has 21 heavy (non-hydrogen) atoms. The smallest absolute Gasteiger partial charge is 0.163 e. The van der Waals surface area contributed by atoms with Gasteiger partial charge in [-0.2, -0.15) is 0 Å². The van der Waals surface area contributed by atoms with Gasteiger partial charge in [0.1, 0.15) is 0 Å². The summed E-state index contributed by atoms with van der Waals surface area (Å²) in [5.41, 5.74) is 3.30. The van der Waals surface area contributed by atoms with Crippen molar-refractivity contribution in [3.63, 3.8) is 0 Å². The number of hydrogen-bond donors (Lipinski definition) is 0. The quantitative estimate of drug-likeness (QED) is 0.614. The minimum Gasteiger partial charge on any atom is -0.294 e. The largest absolute Gasteiger partial charge is 0.294 e. The van der Waals surface area contributed by atoms with Crippen LogP contribution in [0, 0.1) is 6.92 Å². The second kappa shape index (κ2) is 5.92. The van der Waals surface area contributed by atoms with Crippen LogP contribution in [0.25, 0.3) is 10.8 Å². The van der Waals surface area contributed by atoms with Gasteiger partial charge in [-0.25, -0.2) is 0 Å². The Hall–Kier alpha value is -2.41. The zero-order valence-electron chi connectivity index (χ0n) is 12.2. The Bertz CT molecular complexity index is 764. The Labute approximate surface area is 125 Å². The van der Waals surface area contributed by atoms with E-state index in [0.717, 1.165) is 22.8 Å². The molecule has 0 fully saturated rings. The van der Waals surface area contributed by atoms with Crippen molar-refractivity contribution < 1.29 is 4.79 Å². The molecule has 0 aliphatic carbocycles. The average Bonchev–Trinajstić information content (AvgIpc) is 2.53. The topological polar surface area (TPSA) is 17.1 Å². The van der Waals surface area contributed by atoms with Crippen LogP contribution in [0.15, 0.2) is 66.7 Å². The van der Waals surface area contributed by atoms with Gasteiger partial charge in [0.2, 0.25) is 0 Å². The van der Waals surface area contributed by atoms with Gasteiger partial charge in [0.05, 0.1) is 0 Å². The van der Waals surface area contributed by atoms with Gasteiger partial charge < -0.3 is 0 Å². The third-order valence-corrected chi connectivity index (χ3v) is 3.85. The Morgan fingerprint density at radius 1 is 0.857 bits per heavy atom. The maximum atomic E-state index is 12.5. The third kappa shape index (κ3) is 3.03. The molecule has 0 unspecified atom stereocenters. The number of Topliss-reactive ketones (excluding diaryl/α,β-unsaturated/α-hetero) is 1. The lowest BCUT2D eigenvalue weighted by Gasteiger charge is -2.06. The van der Waals surface area contributed by atoms with Crippen LogP contribution >= 0.6 is 0 Å². The van der Waals surface area contributed by atoms with Crippen molar-refractivity contribution in [2.45, 2.75) is 19.8 Å². The second-order valence-electron chi connectivity index (χ2n) is 5.44. The number of aryl methyl sites for hydroxylation is 2. The van der Waals surface area contributed by atoms with Gasteiger partial charge in [-0.1, -0.05) is 72.3 Å². The number of rotatable bonds is 4. The summed E-state index contributed by atoms with van der Waals surface area (Å²) < 4.78 is 0. The Kier molecular flexibility index (Phi) is 3.83. The van der Waals surface area contributed by atoms with Crippen LogP contribution < -0.4 is 0 Å². The van der Waals surface area contributed by atoms with E-state index in [1.165, 1.54) is 11.1 Å². The van der Waals surface area contributed by atoms with E-state index in [4.69, 9.17) is 0 Å². The summed E-state index contributed by atoms with van der Waals surface area (Å²) in [6.07, 6.45) is 1.35. The van der Waals surface area contributed by atoms with Crippen molar-refractivity contribution in [3.8, 4) is 0 Å². The molecule has 0 radical (unpaired) electrons. The summed E-state index contributed by atoms with van der Waals surface area (Å²) in [6, 6.07) is 22.4. The number of hydrogen-bond acceptors (Lipinski definition) is 1. The molecule has 0 spiro atoms. The molecule has 0 aromatic heterocycles. The van der Waals surface area contributed by atoms with Gasteiger partial charge >= 0.3 is 0 Å². The molecule has 0 amide bonds. The van der Waals surface area contributed by atoms with E-state index in [0.29, 0.717) is 6.42 Å². The first-order valence-corrected chi connectivity index (χ1v) is 7.30. The number of carbonyl (C=O) groups is 1. The maximum Gasteiger partial charge on any atom is 0.163 e. The van der Waals surface area contributed by atoms with Gasteiger partial charge in [-0.3, -0.25) is 4.79 Å². The minimum atomic E-state index is 0.215. The molecule has 0 saturated heterocycles. The SMILES string of the molecule is Cc1ccc(CCC(=O)c2cccc3ccccc23)cc1. The summed E-state index contributed by atoms with van der Waals surface area (Å²) in [5.74, 6) is 0.215. The summed E-state index contributed by atoms with van der Waals surface area (Å²) >= 11 is 0. The van der Waals surface area contributed by atoms with Crippen LogP contribution in [0.2, 0.25) is 0 Å². The predicted octanol–water partition coefficient (Wildman–Crippen LogP) is 4.96. The van der Waals surface area contributed by atoms with Crippen molar-refractivity contribution >= 4 is 16.6 Å². The highest BCUT2D eigenvalue weighted by Gasteiger charge is 2.09. The highest BCUT2D eigenvalue weighted by Crippen LogP contribution is 2.20. The van der Waals surface area contributed by atoms with Crippen molar-refractivity contribution in [1.82, 2.24) is 0 Å². The molecule has 0 atom stereocenters. The molecule has 0 saturated carbocycles. The van der Waals surface area contributed by atoms with Crippen LogP contribution in [0.4, 0.5) is 0 Å². The van der Waals surface area contributed by atoms with Crippen LogP contribution in [0.3, 0.4) is 0 Å². The Morgan fingerprint density at radius 3 is 2.38 bits per heavy atom. The van der Waals surface area contributed by atoms with E-state index in [2.05, 4.69) is 31.2 Å². The summed E-state index contributed by atoms with van der Waals surface area (Å²) in [4.78, 5) is 12.5. The highest BCUT2D eigenvalue weighted by molar-refractivity contribution is 6.08. The normalized spacial score (nSPS) is 10.7. The molecule has 0 aliphatic rings. The first-order valence-electron chi connectivity index (χ1n) is 7.30. The molecule has 3 aromatic rings. The highest BCUT2D eigenvalue weighted by atomic mass is 16.1. The van der Waals surface area contributed by atoms with Gasteiger partial charge in [-0.05, 0) is 29.7 Å². The second-order valence-corrected chi connectivity index (χ2v) is 5.44. The molecule has 1 heteroatoms. The lowest BCUT2D eigenvalue weighted by Crippen LogP contribution is -2.02. The first-order chi connectivity index (χ1) is 10.2. The fourth-order valence-corrected chi connectivity index (χ4v) is 2.62. The Morgan fingerprint density at radius 2 is 1.57 bits per heavy atom. The van der Waals surface area contributed by atoms with Gasteiger partial charge in [0.15, 0.2) is 5.78 Å². The van der Waals surface area contributed by atoms with E-state index in [1.807, 2.05) is 42.5 Å². The van der Waals surface area contributed by atoms with E-state index < -0.39 is 0 Å². The molecule has 1 nitrogen and oxygen atoms in total. The molecule has 3 rings (SSSR count). The molecule has 3 aromatic carbocycles. The minimum absolute atomic E-state index is 0.215. The molecular weight excluding hydrogens is 256 g/mol. The molecule has 104 valence electrons. The fraction of sp³-hybridized carbons (Fsp3) is 0.150. The van der Waals surface area contributed by atoms with E-state index in [9.17, 15) is 4.79 Å². The number of fused-ring (bicyclic) bond motifs is 1. The van der Waals surface area contributed by atoms with Crippen molar-refractivity contribution in [1.29, 1.82) is 0 Å². The van der Waals surface area contributed by atoms with Crippen molar-refractivity contribution in [2.75, 3.05) is 0 Å². The van der Waals surface area contributed by atoms with E-state index >= 15 is 0 Å². The Balaban J connectivity index is 1.79. The van der Waals surface area contributed by atoms with E-state index in [-0.39, 0.29) is 5.78 Å². The lowest BCUT2D eigenvalue weighted by molar-refractivity contribution is 0.0984. The average molecular weight is 274 g/mol. The molecule has 0 heterocycles. The number of carbonyl (C=O) groups excluding carboxylic acids is 1. The maximum absolute atomic E-state index is 12.5. The van der Waals surface area contributed by atoms with E-state index in [1.54, 1.807) is 0 Å². The van der Waals surface area contributed by atoms with Crippen LogP contribution in [-0.4, -0.2) is 5.78 Å². The summed E-state index contributed by atoms with van der Waals surface area (Å²) in [5, 5.41) is 2.17. The standard InChI is InChI=1S/C20H18O/c1-15-9-11-16(12-10-15)13-14-20(21)19-8-4-6-17-5-2-3-7-18(17)19/h2-12H,13-14H2,1H3. The monoisotopic (exact) mass is 274 g/mol. The lowest BCUT2D eigenvalue weighted by atomic mass is 9.97.